The average molecular weight is 375 g/mol. The van der Waals surface area contributed by atoms with Gasteiger partial charge in [-0.3, -0.25) is 4.79 Å². The maximum atomic E-state index is 13.1. The third-order valence-electron chi connectivity index (χ3n) is 4.49. The lowest BCUT2D eigenvalue weighted by atomic mass is 10.1. The van der Waals surface area contributed by atoms with E-state index in [1.165, 1.54) is 6.07 Å². The number of amides is 1. The Kier molecular flexibility index (Phi) is 4.87. The van der Waals surface area contributed by atoms with Gasteiger partial charge in [-0.2, -0.15) is 13.2 Å². The van der Waals surface area contributed by atoms with E-state index in [1.807, 2.05) is 13.0 Å². The summed E-state index contributed by atoms with van der Waals surface area (Å²) in [5, 5.41) is 3.36. The molecule has 1 amide bonds. The van der Waals surface area contributed by atoms with E-state index in [2.05, 4.69) is 5.32 Å². The molecule has 1 aromatic heterocycles. The number of nitrogen functional groups attached to an aromatic ring is 1. The lowest BCUT2D eigenvalue weighted by Crippen LogP contribution is -2.09. The molecule has 0 unspecified atom stereocenters. The molecule has 3 rings (SSSR count). The number of benzene rings is 2. The van der Waals surface area contributed by atoms with Crippen LogP contribution in [0.1, 0.15) is 25.8 Å². The first kappa shape index (κ1) is 18.8. The summed E-state index contributed by atoms with van der Waals surface area (Å²) in [5.74, 6) is -0.119. The highest BCUT2D eigenvalue weighted by atomic mass is 19.4. The van der Waals surface area contributed by atoms with Gasteiger partial charge in [0.2, 0.25) is 5.91 Å². The van der Waals surface area contributed by atoms with Crippen LogP contribution in [0.2, 0.25) is 0 Å². The van der Waals surface area contributed by atoms with Crippen molar-refractivity contribution in [1.29, 1.82) is 0 Å². The van der Waals surface area contributed by atoms with Crippen LogP contribution in [0.5, 0.6) is 0 Å². The lowest BCUT2D eigenvalue weighted by molar-refractivity contribution is -0.137. The molecule has 27 heavy (non-hydrogen) atoms. The van der Waals surface area contributed by atoms with Crippen LogP contribution < -0.4 is 11.1 Å². The molecule has 0 spiro atoms. The minimum absolute atomic E-state index is 0.119. The number of nitrogens with one attached hydrogen (secondary N) is 1. The number of nitrogens with two attached hydrogens (primary N) is 1. The minimum atomic E-state index is -4.42. The fourth-order valence-corrected chi connectivity index (χ4v) is 3.19. The van der Waals surface area contributed by atoms with Crippen molar-refractivity contribution in [2.75, 3.05) is 11.1 Å². The van der Waals surface area contributed by atoms with E-state index in [-0.39, 0.29) is 5.91 Å². The SMILES string of the molecule is CCC(=O)Nc1cccc(-c2c(N)c3ccc(C(F)(F)F)cc3n2CC)c1. The molecule has 4 nitrogen and oxygen atoms in total. The van der Waals surface area contributed by atoms with Gasteiger partial charge in [-0.1, -0.05) is 25.1 Å². The van der Waals surface area contributed by atoms with Gasteiger partial charge >= 0.3 is 6.18 Å². The number of hydrogen-bond acceptors (Lipinski definition) is 2. The van der Waals surface area contributed by atoms with Crippen LogP contribution >= 0.6 is 0 Å². The summed E-state index contributed by atoms with van der Waals surface area (Å²) in [4.78, 5) is 11.6. The predicted octanol–water partition coefficient (Wildman–Crippen LogP) is 5.28. The molecular formula is C20H20F3N3O. The summed E-state index contributed by atoms with van der Waals surface area (Å²) in [7, 11) is 0. The number of halogens is 3. The molecule has 1 heterocycles. The van der Waals surface area contributed by atoms with Crippen LogP contribution in [-0.2, 0) is 17.5 Å². The van der Waals surface area contributed by atoms with Crippen LogP contribution in [0.3, 0.4) is 0 Å². The number of fused-ring (bicyclic) bond motifs is 1. The van der Waals surface area contributed by atoms with Gasteiger partial charge < -0.3 is 15.6 Å². The number of nitrogens with zero attached hydrogens (tertiary/aromatic N) is 1. The summed E-state index contributed by atoms with van der Waals surface area (Å²) in [6, 6.07) is 10.7. The molecule has 7 heteroatoms. The fourth-order valence-electron chi connectivity index (χ4n) is 3.19. The molecule has 0 aliphatic rings. The Morgan fingerprint density at radius 1 is 1.15 bits per heavy atom. The van der Waals surface area contributed by atoms with Crippen molar-refractivity contribution in [3.05, 3.63) is 48.0 Å². The highest BCUT2D eigenvalue weighted by Crippen LogP contribution is 2.39. The van der Waals surface area contributed by atoms with E-state index >= 15 is 0 Å². The molecule has 0 aliphatic carbocycles. The monoisotopic (exact) mass is 375 g/mol. The number of alkyl halides is 3. The number of carbonyl (C=O) groups is 1. The van der Waals surface area contributed by atoms with Crippen molar-refractivity contribution < 1.29 is 18.0 Å². The number of rotatable bonds is 4. The quantitative estimate of drug-likeness (QED) is 0.652. The molecule has 0 saturated carbocycles. The second-order valence-electron chi connectivity index (χ2n) is 6.22. The fraction of sp³-hybridized carbons (Fsp3) is 0.250. The predicted molar refractivity (Wildman–Crippen MR) is 101 cm³/mol. The van der Waals surface area contributed by atoms with E-state index in [1.54, 1.807) is 29.7 Å². The largest absolute Gasteiger partial charge is 0.416 e. The van der Waals surface area contributed by atoms with E-state index in [0.29, 0.717) is 40.9 Å². The van der Waals surface area contributed by atoms with Crippen molar-refractivity contribution in [2.45, 2.75) is 33.0 Å². The highest BCUT2D eigenvalue weighted by Gasteiger charge is 2.31. The molecule has 2 aromatic carbocycles. The molecule has 0 aliphatic heterocycles. The van der Waals surface area contributed by atoms with Gasteiger partial charge in [-0.25, -0.2) is 0 Å². The van der Waals surface area contributed by atoms with Gasteiger partial charge in [0.25, 0.3) is 0 Å². The number of hydrogen-bond donors (Lipinski definition) is 2. The maximum absolute atomic E-state index is 13.1. The highest BCUT2D eigenvalue weighted by molar-refractivity contribution is 6.01. The third-order valence-corrected chi connectivity index (χ3v) is 4.49. The standard InChI is InChI=1S/C20H20F3N3O/c1-3-17(27)25-14-7-5-6-12(10-14)19-18(24)15-9-8-13(20(21,22)23)11-16(15)26(19)4-2/h5-11H,3-4,24H2,1-2H3,(H,25,27). The molecule has 0 atom stereocenters. The topological polar surface area (TPSA) is 60.1 Å². The summed E-state index contributed by atoms with van der Waals surface area (Å²) in [6.07, 6.45) is -4.07. The first-order valence-corrected chi connectivity index (χ1v) is 8.65. The smallest absolute Gasteiger partial charge is 0.396 e. The van der Waals surface area contributed by atoms with Crippen molar-refractivity contribution in [3.63, 3.8) is 0 Å². The Morgan fingerprint density at radius 3 is 2.52 bits per heavy atom. The third kappa shape index (κ3) is 3.49. The Labute approximate surface area is 154 Å². The van der Waals surface area contributed by atoms with Crippen LogP contribution in [-0.4, -0.2) is 10.5 Å². The normalized spacial score (nSPS) is 11.7. The van der Waals surface area contributed by atoms with Gasteiger partial charge in [0.1, 0.15) is 0 Å². The zero-order valence-electron chi connectivity index (χ0n) is 15.0. The maximum Gasteiger partial charge on any atom is 0.416 e. The number of carbonyl (C=O) groups excluding carboxylic acids is 1. The Hall–Kier alpha value is -2.96. The van der Waals surface area contributed by atoms with Crippen molar-refractivity contribution in [1.82, 2.24) is 4.57 Å². The van der Waals surface area contributed by atoms with Gasteiger partial charge in [0.15, 0.2) is 0 Å². The van der Waals surface area contributed by atoms with Crippen LogP contribution in [0.15, 0.2) is 42.5 Å². The molecule has 0 radical (unpaired) electrons. The molecule has 3 N–H and O–H groups in total. The number of aromatic nitrogens is 1. The van der Waals surface area contributed by atoms with E-state index in [4.69, 9.17) is 5.73 Å². The summed E-state index contributed by atoms with van der Waals surface area (Å²) in [6.45, 7) is 4.06. The van der Waals surface area contributed by atoms with Gasteiger partial charge in [-0.05, 0) is 31.2 Å². The summed E-state index contributed by atoms with van der Waals surface area (Å²) >= 11 is 0. The van der Waals surface area contributed by atoms with Crippen LogP contribution in [0.25, 0.3) is 22.2 Å². The first-order valence-electron chi connectivity index (χ1n) is 8.65. The molecule has 0 fully saturated rings. The Morgan fingerprint density at radius 2 is 1.89 bits per heavy atom. The van der Waals surface area contributed by atoms with Crippen LogP contribution in [0, 0.1) is 0 Å². The van der Waals surface area contributed by atoms with Crippen molar-refractivity contribution in [2.24, 2.45) is 0 Å². The molecule has 3 aromatic rings. The van der Waals surface area contributed by atoms with E-state index < -0.39 is 11.7 Å². The first-order chi connectivity index (χ1) is 12.8. The Bertz CT molecular complexity index is 1010. The minimum Gasteiger partial charge on any atom is -0.396 e. The van der Waals surface area contributed by atoms with Gasteiger partial charge in [-0.15, -0.1) is 0 Å². The lowest BCUT2D eigenvalue weighted by Gasteiger charge is -2.12. The average Bonchev–Trinajstić information content (AvgIpc) is 2.92. The van der Waals surface area contributed by atoms with Crippen LogP contribution in [0.4, 0.5) is 24.5 Å². The zero-order chi connectivity index (χ0) is 19.8. The zero-order valence-corrected chi connectivity index (χ0v) is 15.0. The van der Waals surface area contributed by atoms with Gasteiger partial charge in [0.05, 0.1) is 22.5 Å². The van der Waals surface area contributed by atoms with E-state index in [9.17, 15) is 18.0 Å². The number of anilines is 2. The molecule has 0 saturated heterocycles. The molecular weight excluding hydrogens is 355 g/mol. The summed E-state index contributed by atoms with van der Waals surface area (Å²) < 4.78 is 41.1. The molecule has 142 valence electrons. The second kappa shape index (κ2) is 6.98. The Balaban J connectivity index is 2.18. The van der Waals surface area contributed by atoms with Crippen molar-refractivity contribution >= 4 is 28.2 Å². The van der Waals surface area contributed by atoms with Gasteiger partial charge in [0, 0.05) is 29.6 Å². The van der Waals surface area contributed by atoms with E-state index in [0.717, 1.165) is 17.7 Å². The summed E-state index contributed by atoms with van der Waals surface area (Å²) in [5.41, 5.74) is 8.42. The van der Waals surface area contributed by atoms with Crippen molar-refractivity contribution in [3.8, 4) is 11.3 Å². The second-order valence-corrected chi connectivity index (χ2v) is 6.22. The number of aryl methyl sites for hydroxylation is 1. The molecule has 0 bridgehead atoms.